The second-order valence-electron chi connectivity index (χ2n) is 4.78. The van der Waals surface area contributed by atoms with Crippen LogP contribution in [0, 0.1) is 6.92 Å². The van der Waals surface area contributed by atoms with Crippen LogP contribution in [0.2, 0.25) is 0 Å². The smallest absolute Gasteiger partial charge is 0.117 e. The molecule has 0 aliphatic carbocycles. The fourth-order valence-corrected chi connectivity index (χ4v) is 2.45. The summed E-state index contributed by atoms with van der Waals surface area (Å²) in [5.41, 5.74) is 0.321. The molecule has 0 amide bonds. The molecule has 1 atom stereocenters. The quantitative estimate of drug-likeness (QED) is 0.802. The minimum atomic E-state index is 0.321. The van der Waals surface area contributed by atoms with Crippen molar-refractivity contribution in [2.75, 3.05) is 13.1 Å². The molecule has 3 heteroatoms. The summed E-state index contributed by atoms with van der Waals surface area (Å²) in [6.45, 7) is 7.27. The van der Waals surface area contributed by atoms with E-state index in [1.165, 1.54) is 19.3 Å². The first-order valence-electron chi connectivity index (χ1n) is 6.25. The highest BCUT2D eigenvalue weighted by atomic mass is 16.3. The third kappa shape index (κ3) is 2.66. The van der Waals surface area contributed by atoms with Gasteiger partial charge in [0.25, 0.3) is 0 Å². The van der Waals surface area contributed by atoms with E-state index in [-0.39, 0.29) is 0 Å². The highest BCUT2D eigenvalue weighted by molar-refractivity contribution is 5.05. The lowest BCUT2D eigenvalue weighted by molar-refractivity contribution is 0.332. The maximum absolute atomic E-state index is 5.53. The van der Waals surface area contributed by atoms with E-state index in [0.717, 1.165) is 31.2 Å². The van der Waals surface area contributed by atoms with E-state index >= 15 is 0 Å². The number of nitrogens with one attached hydrogen (secondary N) is 2. The molecule has 0 saturated carbocycles. The Balaban J connectivity index is 1.78. The summed E-state index contributed by atoms with van der Waals surface area (Å²) in [4.78, 5) is 0. The lowest BCUT2D eigenvalue weighted by Gasteiger charge is -2.28. The standard InChI is InChI=1S/C13H22N2O/c1-3-13(7-4-8-15-13)10-14-9-12-6-5-11(2)16-12/h5-6,14-15H,3-4,7-10H2,1-2H3. The predicted molar refractivity (Wildman–Crippen MR) is 65.4 cm³/mol. The number of hydrogen-bond acceptors (Lipinski definition) is 3. The van der Waals surface area contributed by atoms with Crippen molar-refractivity contribution in [1.82, 2.24) is 10.6 Å². The van der Waals surface area contributed by atoms with Crippen molar-refractivity contribution in [3.63, 3.8) is 0 Å². The van der Waals surface area contributed by atoms with Gasteiger partial charge in [0.1, 0.15) is 11.5 Å². The Kier molecular flexibility index (Phi) is 3.66. The first kappa shape index (κ1) is 11.7. The minimum absolute atomic E-state index is 0.321. The van der Waals surface area contributed by atoms with Gasteiger partial charge in [-0.15, -0.1) is 0 Å². The van der Waals surface area contributed by atoms with E-state index in [4.69, 9.17) is 4.42 Å². The van der Waals surface area contributed by atoms with Gasteiger partial charge >= 0.3 is 0 Å². The van der Waals surface area contributed by atoms with Crippen molar-refractivity contribution in [1.29, 1.82) is 0 Å². The van der Waals surface area contributed by atoms with Gasteiger partial charge in [-0.3, -0.25) is 0 Å². The highest BCUT2D eigenvalue weighted by Gasteiger charge is 2.30. The van der Waals surface area contributed by atoms with Crippen LogP contribution in [0.15, 0.2) is 16.5 Å². The predicted octanol–water partition coefficient (Wildman–Crippen LogP) is 2.21. The Labute approximate surface area is 97.6 Å². The van der Waals surface area contributed by atoms with Gasteiger partial charge in [-0.05, 0) is 44.9 Å². The Morgan fingerprint density at radius 3 is 2.94 bits per heavy atom. The summed E-state index contributed by atoms with van der Waals surface area (Å²) in [5.74, 6) is 2.02. The lowest BCUT2D eigenvalue weighted by Crippen LogP contribution is -2.47. The molecular weight excluding hydrogens is 200 g/mol. The van der Waals surface area contributed by atoms with Crippen LogP contribution < -0.4 is 10.6 Å². The molecule has 0 aromatic carbocycles. The molecule has 1 aromatic heterocycles. The number of hydrogen-bond donors (Lipinski definition) is 2. The lowest BCUT2D eigenvalue weighted by atomic mass is 9.94. The zero-order valence-corrected chi connectivity index (χ0v) is 10.3. The second kappa shape index (κ2) is 5.02. The molecule has 0 radical (unpaired) electrons. The molecule has 1 aliphatic rings. The molecule has 0 spiro atoms. The second-order valence-corrected chi connectivity index (χ2v) is 4.78. The third-order valence-corrected chi connectivity index (χ3v) is 3.57. The van der Waals surface area contributed by atoms with Gasteiger partial charge in [0, 0.05) is 12.1 Å². The molecule has 0 bridgehead atoms. The van der Waals surface area contributed by atoms with Crippen LogP contribution in [0.1, 0.15) is 37.7 Å². The third-order valence-electron chi connectivity index (χ3n) is 3.57. The minimum Gasteiger partial charge on any atom is -0.465 e. The molecule has 2 N–H and O–H groups in total. The number of rotatable bonds is 5. The van der Waals surface area contributed by atoms with E-state index in [0.29, 0.717) is 5.54 Å². The molecule has 2 heterocycles. The summed E-state index contributed by atoms with van der Waals surface area (Å²) in [5, 5.41) is 7.11. The Hall–Kier alpha value is -0.800. The Morgan fingerprint density at radius 1 is 1.50 bits per heavy atom. The van der Waals surface area contributed by atoms with Gasteiger partial charge in [-0.25, -0.2) is 0 Å². The van der Waals surface area contributed by atoms with Crippen molar-refractivity contribution in [3.05, 3.63) is 23.7 Å². The molecule has 1 saturated heterocycles. The van der Waals surface area contributed by atoms with E-state index < -0.39 is 0 Å². The molecule has 1 fully saturated rings. The maximum Gasteiger partial charge on any atom is 0.117 e. The number of furan rings is 1. The SMILES string of the molecule is CCC1(CNCc2ccc(C)o2)CCCN1. The topological polar surface area (TPSA) is 37.2 Å². The molecule has 2 rings (SSSR count). The first-order valence-corrected chi connectivity index (χ1v) is 6.25. The summed E-state index contributed by atoms with van der Waals surface area (Å²) in [6.07, 6.45) is 3.78. The van der Waals surface area contributed by atoms with Crippen molar-refractivity contribution < 1.29 is 4.42 Å². The molecule has 3 nitrogen and oxygen atoms in total. The van der Waals surface area contributed by atoms with Gasteiger partial charge in [0.2, 0.25) is 0 Å². The molecule has 1 unspecified atom stereocenters. The zero-order valence-electron chi connectivity index (χ0n) is 10.3. The molecular formula is C13H22N2O. The van der Waals surface area contributed by atoms with Crippen LogP contribution in [0.5, 0.6) is 0 Å². The van der Waals surface area contributed by atoms with Gasteiger partial charge in [-0.1, -0.05) is 6.92 Å². The van der Waals surface area contributed by atoms with Crippen LogP contribution in [0.3, 0.4) is 0 Å². The van der Waals surface area contributed by atoms with E-state index in [1.807, 2.05) is 19.1 Å². The van der Waals surface area contributed by atoms with Crippen LogP contribution in [0.4, 0.5) is 0 Å². The summed E-state index contributed by atoms with van der Waals surface area (Å²) in [6, 6.07) is 4.06. The largest absolute Gasteiger partial charge is 0.465 e. The monoisotopic (exact) mass is 222 g/mol. The zero-order chi connectivity index (χ0) is 11.4. The summed E-state index contributed by atoms with van der Waals surface area (Å²) < 4.78 is 5.53. The van der Waals surface area contributed by atoms with Crippen LogP contribution in [0.25, 0.3) is 0 Å². The Bertz CT molecular complexity index is 326. The fourth-order valence-electron chi connectivity index (χ4n) is 2.45. The van der Waals surface area contributed by atoms with E-state index in [1.54, 1.807) is 0 Å². The van der Waals surface area contributed by atoms with Gasteiger partial charge < -0.3 is 15.1 Å². The van der Waals surface area contributed by atoms with Gasteiger partial charge in [-0.2, -0.15) is 0 Å². The van der Waals surface area contributed by atoms with Crippen molar-refractivity contribution in [3.8, 4) is 0 Å². The van der Waals surface area contributed by atoms with E-state index in [9.17, 15) is 0 Å². The van der Waals surface area contributed by atoms with Crippen LogP contribution >= 0.6 is 0 Å². The average molecular weight is 222 g/mol. The molecule has 90 valence electrons. The first-order chi connectivity index (χ1) is 7.74. The van der Waals surface area contributed by atoms with Crippen molar-refractivity contribution >= 4 is 0 Å². The summed E-state index contributed by atoms with van der Waals surface area (Å²) >= 11 is 0. The van der Waals surface area contributed by atoms with Crippen molar-refractivity contribution in [2.45, 2.75) is 45.2 Å². The van der Waals surface area contributed by atoms with Gasteiger partial charge in [0.15, 0.2) is 0 Å². The van der Waals surface area contributed by atoms with Gasteiger partial charge in [0.05, 0.1) is 6.54 Å². The average Bonchev–Trinajstić information content (AvgIpc) is 2.89. The normalized spacial score (nSPS) is 25.1. The molecule has 1 aromatic rings. The van der Waals surface area contributed by atoms with Crippen LogP contribution in [-0.2, 0) is 6.54 Å². The maximum atomic E-state index is 5.53. The Morgan fingerprint density at radius 2 is 2.38 bits per heavy atom. The summed E-state index contributed by atoms with van der Waals surface area (Å²) in [7, 11) is 0. The fraction of sp³-hybridized carbons (Fsp3) is 0.692. The number of aryl methyl sites for hydroxylation is 1. The van der Waals surface area contributed by atoms with E-state index in [2.05, 4.69) is 17.6 Å². The molecule has 1 aliphatic heterocycles. The highest BCUT2D eigenvalue weighted by Crippen LogP contribution is 2.22. The molecule has 16 heavy (non-hydrogen) atoms. The van der Waals surface area contributed by atoms with Crippen molar-refractivity contribution in [2.24, 2.45) is 0 Å². The van der Waals surface area contributed by atoms with Crippen LogP contribution in [-0.4, -0.2) is 18.6 Å².